The minimum atomic E-state index is 0.885. The Kier molecular flexibility index (Phi) is 4.45. The molecular formula is C13H26N2. The molecule has 15 heavy (non-hydrogen) atoms. The third-order valence-corrected chi connectivity index (χ3v) is 3.89. The third-order valence-electron chi connectivity index (χ3n) is 3.89. The van der Waals surface area contributed by atoms with Gasteiger partial charge in [-0.2, -0.15) is 0 Å². The average molecular weight is 210 g/mol. The lowest BCUT2D eigenvalue weighted by molar-refractivity contribution is 0.164. The Morgan fingerprint density at radius 3 is 2.40 bits per heavy atom. The van der Waals surface area contributed by atoms with Crippen molar-refractivity contribution in [1.29, 1.82) is 0 Å². The van der Waals surface area contributed by atoms with E-state index in [1.165, 1.54) is 64.7 Å². The van der Waals surface area contributed by atoms with Gasteiger partial charge >= 0.3 is 0 Å². The summed E-state index contributed by atoms with van der Waals surface area (Å²) in [6.45, 7) is 7.44. The molecule has 2 aliphatic rings. The average Bonchev–Trinajstić information content (AvgIpc) is 2.98. The molecule has 0 aromatic rings. The Hall–Kier alpha value is -0.0800. The van der Waals surface area contributed by atoms with Crippen LogP contribution in [0.4, 0.5) is 0 Å². The first-order valence-electron chi connectivity index (χ1n) is 6.85. The van der Waals surface area contributed by atoms with Crippen LogP contribution in [-0.2, 0) is 0 Å². The fourth-order valence-electron chi connectivity index (χ4n) is 2.73. The molecule has 0 aromatic carbocycles. The van der Waals surface area contributed by atoms with Crippen LogP contribution in [0.5, 0.6) is 0 Å². The summed E-state index contributed by atoms with van der Waals surface area (Å²) in [5.74, 6) is 1.08. The van der Waals surface area contributed by atoms with Gasteiger partial charge in [0.1, 0.15) is 0 Å². The molecule has 1 heterocycles. The maximum atomic E-state index is 3.49. The van der Waals surface area contributed by atoms with Crippen LogP contribution in [0.2, 0.25) is 0 Å². The SMILES string of the molecule is CCC(CC1CC1)N1CCCNCCC1. The molecule has 2 rings (SSSR count). The molecule has 0 amide bonds. The van der Waals surface area contributed by atoms with Gasteiger partial charge in [0.05, 0.1) is 0 Å². The lowest BCUT2D eigenvalue weighted by atomic mass is 10.0. The zero-order valence-corrected chi connectivity index (χ0v) is 10.2. The maximum Gasteiger partial charge on any atom is 0.00952 e. The highest BCUT2D eigenvalue weighted by Gasteiger charge is 2.27. The summed E-state index contributed by atoms with van der Waals surface area (Å²) in [5.41, 5.74) is 0. The Labute approximate surface area is 94.4 Å². The van der Waals surface area contributed by atoms with E-state index < -0.39 is 0 Å². The minimum absolute atomic E-state index is 0.885. The van der Waals surface area contributed by atoms with E-state index in [9.17, 15) is 0 Å². The van der Waals surface area contributed by atoms with Crippen molar-refractivity contribution < 1.29 is 0 Å². The van der Waals surface area contributed by atoms with Gasteiger partial charge in [0.2, 0.25) is 0 Å². The molecule has 2 fully saturated rings. The Morgan fingerprint density at radius 1 is 1.20 bits per heavy atom. The Balaban J connectivity index is 1.79. The molecule has 0 bridgehead atoms. The van der Waals surface area contributed by atoms with Gasteiger partial charge in [-0.1, -0.05) is 19.8 Å². The van der Waals surface area contributed by atoms with Gasteiger partial charge in [0.25, 0.3) is 0 Å². The first-order chi connectivity index (χ1) is 7.40. The molecule has 0 spiro atoms. The predicted molar refractivity (Wildman–Crippen MR) is 65.1 cm³/mol. The van der Waals surface area contributed by atoms with Crippen LogP contribution >= 0.6 is 0 Å². The fraction of sp³-hybridized carbons (Fsp3) is 1.00. The molecule has 2 heteroatoms. The van der Waals surface area contributed by atoms with Gasteiger partial charge in [-0.25, -0.2) is 0 Å². The molecule has 1 aliphatic carbocycles. The molecular weight excluding hydrogens is 184 g/mol. The van der Waals surface area contributed by atoms with Gasteiger partial charge in [0, 0.05) is 6.04 Å². The largest absolute Gasteiger partial charge is 0.317 e. The number of hydrogen-bond donors (Lipinski definition) is 1. The van der Waals surface area contributed by atoms with Gasteiger partial charge in [-0.15, -0.1) is 0 Å². The molecule has 1 N–H and O–H groups in total. The smallest absolute Gasteiger partial charge is 0.00952 e. The van der Waals surface area contributed by atoms with Crippen LogP contribution < -0.4 is 5.32 Å². The molecule has 1 unspecified atom stereocenters. The second-order valence-electron chi connectivity index (χ2n) is 5.23. The van der Waals surface area contributed by atoms with Crippen LogP contribution in [0, 0.1) is 5.92 Å². The van der Waals surface area contributed by atoms with E-state index in [0.29, 0.717) is 0 Å². The zero-order valence-electron chi connectivity index (χ0n) is 10.2. The molecule has 0 aromatic heterocycles. The number of rotatable bonds is 4. The molecule has 2 nitrogen and oxygen atoms in total. The van der Waals surface area contributed by atoms with E-state index in [-0.39, 0.29) is 0 Å². The quantitative estimate of drug-likeness (QED) is 0.765. The summed E-state index contributed by atoms with van der Waals surface area (Å²) in [6.07, 6.45) is 8.51. The van der Waals surface area contributed by atoms with Gasteiger partial charge in [-0.05, 0) is 57.8 Å². The Morgan fingerprint density at radius 2 is 1.87 bits per heavy atom. The summed E-state index contributed by atoms with van der Waals surface area (Å²) >= 11 is 0. The van der Waals surface area contributed by atoms with Crippen molar-refractivity contribution in [3.05, 3.63) is 0 Å². The molecule has 1 atom stereocenters. The monoisotopic (exact) mass is 210 g/mol. The summed E-state index contributed by atoms with van der Waals surface area (Å²) in [7, 11) is 0. The lowest BCUT2D eigenvalue weighted by Crippen LogP contribution is -2.40. The van der Waals surface area contributed by atoms with E-state index in [0.717, 1.165) is 12.0 Å². The van der Waals surface area contributed by atoms with Crippen molar-refractivity contribution in [3.8, 4) is 0 Å². The van der Waals surface area contributed by atoms with Crippen LogP contribution in [0.25, 0.3) is 0 Å². The van der Waals surface area contributed by atoms with Crippen LogP contribution in [0.3, 0.4) is 0 Å². The fourth-order valence-corrected chi connectivity index (χ4v) is 2.73. The molecule has 0 radical (unpaired) electrons. The second kappa shape index (κ2) is 5.86. The van der Waals surface area contributed by atoms with E-state index >= 15 is 0 Å². The van der Waals surface area contributed by atoms with Crippen molar-refractivity contribution in [2.24, 2.45) is 5.92 Å². The van der Waals surface area contributed by atoms with E-state index in [1.54, 1.807) is 0 Å². The molecule has 1 saturated carbocycles. The van der Waals surface area contributed by atoms with Crippen molar-refractivity contribution in [2.45, 2.75) is 51.5 Å². The predicted octanol–water partition coefficient (Wildman–Crippen LogP) is 2.25. The maximum absolute atomic E-state index is 3.49. The van der Waals surface area contributed by atoms with Crippen LogP contribution in [0.1, 0.15) is 45.4 Å². The first kappa shape index (κ1) is 11.4. The topological polar surface area (TPSA) is 15.3 Å². The highest BCUT2D eigenvalue weighted by molar-refractivity contribution is 4.82. The summed E-state index contributed by atoms with van der Waals surface area (Å²) < 4.78 is 0. The van der Waals surface area contributed by atoms with E-state index in [4.69, 9.17) is 0 Å². The first-order valence-corrected chi connectivity index (χ1v) is 6.85. The highest BCUT2D eigenvalue weighted by Crippen LogP contribution is 2.35. The van der Waals surface area contributed by atoms with Gasteiger partial charge in [0.15, 0.2) is 0 Å². The van der Waals surface area contributed by atoms with Crippen molar-refractivity contribution in [3.63, 3.8) is 0 Å². The third kappa shape index (κ3) is 3.76. The molecule has 1 saturated heterocycles. The normalized spacial score (nSPS) is 27.0. The van der Waals surface area contributed by atoms with Crippen LogP contribution in [-0.4, -0.2) is 37.1 Å². The Bertz CT molecular complexity index is 169. The van der Waals surface area contributed by atoms with Gasteiger partial charge < -0.3 is 10.2 Å². The molecule has 88 valence electrons. The summed E-state index contributed by atoms with van der Waals surface area (Å²) in [5, 5.41) is 3.49. The number of nitrogens with zero attached hydrogens (tertiary/aromatic N) is 1. The van der Waals surface area contributed by atoms with Gasteiger partial charge in [-0.3, -0.25) is 0 Å². The number of hydrogen-bond acceptors (Lipinski definition) is 2. The van der Waals surface area contributed by atoms with E-state index in [1.807, 2.05) is 0 Å². The van der Waals surface area contributed by atoms with Crippen molar-refractivity contribution in [2.75, 3.05) is 26.2 Å². The molecule has 1 aliphatic heterocycles. The van der Waals surface area contributed by atoms with Crippen LogP contribution in [0.15, 0.2) is 0 Å². The minimum Gasteiger partial charge on any atom is -0.317 e. The van der Waals surface area contributed by atoms with Crippen molar-refractivity contribution in [1.82, 2.24) is 10.2 Å². The highest BCUT2D eigenvalue weighted by atomic mass is 15.2. The zero-order chi connectivity index (χ0) is 10.5. The van der Waals surface area contributed by atoms with E-state index in [2.05, 4.69) is 17.1 Å². The second-order valence-corrected chi connectivity index (χ2v) is 5.23. The van der Waals surface area contributed by atoms with Crippen molar-refractivity contribution >= 4 is 0 Å². The summed E-state index contributed by atoms with van der Waals surface area (Å²) in [4.78, 5) is 2.76. The number of nitrogens with one attached hydrogen (secondary N) is 1. The standard InChI is InChI=1S/C13H26N2/c1-2-13(11-12-5-6-12)15-9-3-7-14-8-4-10-15/h12-14H,2-11H2,1H3. The summed E-state index contributed by atoms with van der Waals surface area (Å²) in [6, 6.07) is 0.885. The lowest BCUT2D eigenvalue weighted by Gasteiger charge is -2.32.